The zero-order valence-corrected chi connectivity index (χ0v) is 27.7. The van der Waals surface area contributed by atoms with Crippen LogP contribution in [0.1, 0.15) is 46.8 Å². The van der Waals surface area contributed by atoms with E-state index in [1.165, 1.54) is 12.1 Å². The molecule has 0 saturated carbocycles. The minimum Gasteiger partial charge on any atom is -0.368 e. The maximum absolute atomic E-state index is 14.2. The summed E-state index contributed by atoms with van der Waals surface area (Å²) in [5.74, 6) is -1.42. The fraction of sp³-hybridized carbons (Fsp3) is 0.361. The van der Waals surface area contributed by atoms with Crippen LogP contribution in [0.2, 0.25) is 0 Å². The van der Waals surface area contributed by atoms with Crippen molar-refractivity contribution in [2.24, 2.45) is 0 Å². The number of hydrogen-bond acceptors (Lipinski definition) is 5. The number of aromatic nitrogens is 1. The van der Waals surface area contributed by atoms with Gasteiger partial charge in [0.15, 0.2) is 0 Å². The Bertz CT molecular complexity index is 1750. The number of nitrogens with zero attached hydrogens (tertiary/aromatic N) is 3. The summed E-state index contributed by atoms with van der Waals surface area (Å²) in [5, 5.41) is 9.83. The van der Waals surface area contributed by atoms with Crippen molar-refractivity contribution in [3.8, 4) is 0 Å². The molecule has 3 aromatic carbocycles. The van der Waals surface area contributed by atoms with Crippen LogP contribution in [0.15, 0.2) is 66.9 Å². The van der Waals surface area contributed by atoms with Crippen LogP contribution in [0.3, 0.4) is 0 Å². The third kappa shape index (κ3) is 7.74. The number of piperazine rings is 1. The van der Waals surface area contributed by atoms with Crippen molar-refractivity contribution in [1.82, 2.24) is 25.4 Å². The van der Waals surface area contributed by atoms with Gasteiger partial charge in [-0.25, -0.2) is 9.18 Å². The average Bonchev–Trinajstić information content (AvgIpc) is 3.47. The van der Waals surface area contributed by atoms with E-state index in [1.54, 1.807) is 17.0 Å². The normalized spacial score (nSPS) is 14.6. The van der Waals surface area contributed by atoms with E-state index in [4.69, 9.17) is 0 Å². The van der Waals surface area contributed by atoms with Gasteiger partial charge < -0.3 is 35.6 Å². The van der Waals surface area contributed by atoms with Gasteiger partial charge in [0, 0.05) is 68.0 Å². The number of halogens is 1. The monoisotopic (exact) mass is 641 g/mol. The minimum absolute atomic E-state index is 0.277. The largest absolute Gasteiger partial charge is 0.368 e. The molecule has 10 nitrogen and oxygen atoms in total. The van der Waals surface area contributed by atoms with Crippen LogP contribution in [-0.4, -0.2) is 85.5 Å². The molecule has 5 rings (SSSR count). The Kier molecular flexibility index (Phi) is 10.5. The topological polar surface area (TPSA) is 113 Å². The fourth-order valence-corrected chi connectivity index (χ4v) is 6.24. The zero-order valence-electron chi connectivity index (χ0n) is 27.7. The molecular weight excluding hydrogens is 597 g/mol. The summed E-state index contributed by atoms with van der Waals surface area (Å²) in [6.45, 7) is 8.71. The van der Waals surface area contributed by atoms with Crippen LogP contribution in [0, 0.1) is 12.7 Å². The summed E-state index contributed by atoms with van der Waals surface area (Å²) in [7, 11) is 3.90. The molecular formula is C36H44FN7O3. The molecule has 1 aromatic heterocycles. The van der Waals surface area contributed by atoms with Crippen molar-refractivity contribution in [1.29, 1.82) is 0 Å². The maximum Gasteiger partial charge on any atom is 0.318 e. The molecule has 1 saturated heterocycles. The van der Waals surface area contributed by atoms with Gasteiger partial charge in [-0.3, -0.25) is 9.59 Å². The summed E-state index contributed by atoms with van der Waals surface area (Å²) in [6.07, 6.45) is 1.88. The van der Waals surface area contributed by atoms with E-state index in [9.17, 15) is 18.8 Å². The number of rotatable bonds is 10. The van der Waals surface area contributed by atoms with Crippen molar-refractivity contribution in [3.63, 3.8) is 0 Å². The molecule has 4 N–H and O–H groups in total. The highest BCUT2D eigenvalue weighted by atomic mass is 19.1. The van der Waals surface area contributed by atoms with Gasteiger partial charge in [0.2, 0.25) is 5.91 Å². The second-order valence-electron chi connectivity index (χ2n) is 12.4. The predicted octanol–water partition coefficient (Wildman–Crippen LogP) is 5.07. The first kappa shape index (κ1) is 33.5. The lowest BCUT2D eigenvalue weighted by atomic mass is 9.92. The molecule has 1 aliphatic rings. The maximum atomic E-state index is 14.2. The molecule has 0 spiro atoms. The number of amides is 4. The van der Waals surface area contributed by atoms with Crippen LogP contribution in [-0.2, 0) is 11.3 Å². The van der Waals surface area contributed by atoms with E-state index in [0.717, 1.165) is 33.3 Å². The van der Waals surface area contributed by atoms with Crippen LogP contribution in [0.5, 0.6) is 0 Å². The minimum atomic E-state index is -0.960. The Morgan fingerprint density at radius 1 is 1.00 bits per heavy atom. The van der Waals surface area contributed by atoms with E-state index < -0.39 is 17.9 Å². The first-order valence-electron chi connectivity index (χ1n) is 16.0. The predicted molar refractivity (Wildman–Crippen MR) is 184 cm³/mol. The number of fused-ring (bicyclic) bond motifs is 1. The van der Waals surface area contributed by atoms with Gasteiger partial charge in [-0.15, -0.1) is 0 Å². The summed E-state index contributed by atoms with van der Waals surface area (Å²) in [6, 6.07) is 16.7. The van der Waals surface area contributed by atoms with E-state index in [0.29, 0.717) is 50.5 Å². The van der Waals surface area contributed by atoms with E-state index >= 15 is 0 Å². The van der Waals surface area contributed by atoms with E-state index in [-0.39, 0.29) is 17.8 Å². The Labute approximate surface area is 275 Å². The van der Waals surface area contributed by atoms with Gasteiger partial charge in [0.25, 0.3) is 5.91 Å². The van der Waals surface area contributed by atoms with Gasteiger partial charge in [0.1, 0.15) is 11.9 Å². The molecule has 4 amide bonds. The fourth-order valence-electron chi connectivity index (χ4n) is 6.24. The number of benzene rings is 3. The lowest BCUT2D eigenvalue weighted by Gasteiger charge is -2.37. The third-order valence-electron chi connectivity index (χ3n) is 8.66. The smallest absolute Gasteiger partial charge is 0.318 e. The summed E-state index contributed by atoms with van der Waals surface area (Å²) in [4.78, 5) is 50.1. The molecule has 11 heteroatoms. The summed E-state index contributed by atoms with van der Waals surface area (Å²) < 4.78 is 13.7. The van der Waals surface area contributed by atoms with Crippen molar-refractivity contribution in [2.75, 3.05) is 57.0 Å². The van der Waals surface area contributed by atoms with Gasteiger partial charge in [-0.2, -0.15) is 0 Å². The van der Waals surface area contributed by atoms with Gasteiger partial charge in [-0.05, 0) is 81.0 Å². The van der Waals surface area contributed by atoms with E-state index in [2.05, 4.69) is 25.8 Å². The standard InChI is InChI=1S/C36H44FN7O3/c1-6-38-34(45)28-13-11-25(22-42(4)5)20-31(28)40-35(46)33(24(3)29-21-39-30-10-8-7-9-27(29)30)41-36(47)44-17-15-43(16-18-44)32-14-12-26(37)19-23(32)2/h7-14,19-21,24,33,39H,6,15-18,22H2,1-5H3,(H,38,45)(H,40,46)(H,41,47)/t24-,33+/m0/s1. The SMILES string of the molecule is CCNC(=O)c1ccc(CN(C)C)cc1NC(=O)[C@H](NC(=O)N1CCN(c2ccc(F)cc2C)CC1)[C@@H](C)c1c[nH]c2ccccc12. The number of anilines is 2. The number of para-hydroxylation sites is 1. The quantitative estimate of drug-likeness (QED) is 0.193. The van der Waals surface area contributed by atoms with Gasteiger partial charge in [0.05, 0.1) is 11.3 Å². The van der Waals surface area contributed by atoms with Crippen LogP contribution in [0.25, 0.3) is 10.9 Å². The Morgan fingerprint density at radius 2 is 1.74 bits per heavy atom. The number of aromatic amines is 1. The molecule has 47 heavy (non-hydrogen) atoms. The molecule has 1 aliphatic heterocycles. The first-order chi connectivity index (χ1) is 22.5. The van der Waals surface area contributed by atoms with Crippen molar-refractivity contribution in [2.45, 2.75) is 39.3 Å². The molecule has 248 valence electrons. The second-order valence-corrected chi connectivity index (χ2v) is 12.4. The average molecular weight is 642 g/mol. The molecule has 0 radical (unpaired) electrons. The Morgan fingerprint density at radius 3 is 2.45 bits per heavy atom. The molecule has 2 heterocycles. The first-order valence-corrected chi connectivity index (χ1v) is 16.0. The van der Waals surface area contributed by atoms with Crippen LogP contribution < -0.4 is 20.9 Å². The number of aryl methyl sites for hydroxylation is 1. The lowest BCUT2D eigenvalue weighted by Crippen LogP contribution is -2.56. The molecule has 0 bridgehead atoms. The number of H-pyrrole nitrogens is 1. The van der Waals surface area contributed by atoms with Crippen molar-refractivity contribution < 1.29 is 18.8 Å². The molecule has 0 unspecified atom stereocenters. The van der Waals surface area contributed by atoms with Crippen molar-refractivity contribution in [3.05, 3.63) is 94.9 Å². The molecule has 0 aliphatic carbocycles. The van der Waals surface area contributed by atoms with Gasteiger partial charge in [-0.1, -0.05) is 31.2 Å². The number of hydrogen-bond donors (Lipinski definition) is 4. The highest BCUT2D eigenvalue weighted by molar-refractivity contribution is 6.06. The van der Waals surface area contributed by atoms with Gasteiger partial charge >= 0.3 is 6.03 Å². The molecule has 1 fully saturated rings. The number of urea groups is 1. The molecule has 2 atom stereocenters. The lowest BCUT2D eigenvalue weighted by molar-refractivity contribution is -0.118. The Hall–Kier alpha value is -4.90. The Balaban J connectivity index is 1.40. The third-order valence-corrected chi connectivity index (χ3v) is 8.66. The van der Waals surface area contributed by atoms with Crippen LogP contribution in [0.4, 0.5) is 20.6 Å². The van der Waals surface area contributed by atoms with Crippen LogP contribution >= 0.6 is 0 Å². The summed E-state index contributed by atoms with van der Waals surface area (Å²) in [5.41, 5.74) is 5.27. The highest BCUT2D eigenvalue weighted by Crippen LogP contribution is 2.29. The number of carbonyl (C=O) groups is 3. The second kappa shape index (κ2) is 14.7. The van der Waals surface area contributed by atoms with E-state index in [1.807, 2.05) is 82.4 Å². The molecule has 4 aromatic rings. The highest BCUT2D eigenvalue weighted by Gasteiger charge is 2.33. The van der Waals surface area contributed by atoms with Crippen molar-refractivity contribution >= 4 is 40.1 Å². The number of nitrogens with one attached hydrogen (secondary N) is 4. The summed E-state index contributed by atoms with van der Waals surface area (Å²) >= 11 is 0. The zero-order chi connectivity index (χ0) is 33.7. The number of carbonyl (C=O) groups excluding carboxylic acids is 3.